The number of nitrogens with zero attached hydrogens (tertiary/aromatic N) is 2. The first kappa shape index (κ1) is 14.8. The van der Waals surface area contributed by atoms with Crippen LogP contribution in [0.5, 0.6) is 0 Å². The third kappa shape index (κ3) is 2.90. The number of hydrogen-bond acceptors (Lipinski definition) is 3. The van der Waals surface area contributed by atoms with Gasteiger partial charge in [-0.25, -0.2) is 4.68 Å². The molecular weight excluding hydrogens is 276 g/mol. The molecule has 1 heterocycles. The molecule has 1 unspecified atom stereocenters. The van der Waals surface area contributed by atoms with Gasteiger partial charge in [-0.3, -0.25) is 4.79 Å². The summed E-state index contributed by atoms with van der Waals surface area (Å²) in [7, 11) is 0. The second-order valence-corrected chi connectivity index (χ2v) is 6.10. The minimum atomic E-state index is -0.677. The SMILES string of the molecule is CC(NC(=O)C1(N)CCCC1)c1ccc(-n2cccn2)cc1. The van der Waals surface area contributed by atoms with E-state index >= 15 is 0 Å². The molecule has 1 aromatic heterocycles. The highest BCUT2D eigenvalue weighted by Crippen LogP contribution is 2.28. The van der Waals surface area contributed by atoms with Gasteiger partial charge in [-0.1, -0.05) is 25.0 Å². The number of benzene rings is 1. The Kier molecular flexibility index (Phi) is 3.98. The number of carbonyl (C=O) groups is 1. The second-order valence-electron chi connectivity index (χ2n) is 6.10. The maximum atomic E-state index is 12.4. The molecule has 1 saturated carbocycles. The Labute approximate surface area is 130 Å². The van der Waals surface area contributed by atoms with Crippen LogP contribution in [-0.4, -0.2) is 21.2 Å². The number of nitrogens with two attached hydrogens (primary N) is 1. The van der Waals surface area contributed by atoms with Crippen molar-refractivity contribution in [2.45, 2.75) is 44.2 Å². The Hall–Kier alpha value is -2.14. The first-order valence-electron chi connectivity index (χ1n) is 7.78. The van der Waals surface area contributed by atoms with Gasteiger partial charge in [0.25, 0.3) is 0 Å². The van der Waals surface area contributed by atoms with Gasteiger partial charge in [0, 0.05) is 12.4 Å². The predicted molar refractivity (Wildman–Crippen MR) is 85.5 cm³/mol. The largest absolute Gasteiger partial charge is 0.348 e. The van der Waals surface area contributed by atoms with Crippen molar-refractivity contribution in [3.63, 3.8) is 0 Å². The molecule has 0 saturated heterocycles. The molecule has 3 rings (SSSR count). The summed E-state index contributed by atoms with van der Waals surface area (Å²) in [5.41, 5.74) is 7.58. The van der Waals surface area contributed by atoms with Crippen molar-refractivity contribution in [2.24, 2.45) is 5.73 Å². The summed E-state index contributed by atoms with van der Waals surface area (Å²) in [4.78, 5) is 12.4. The highest BCUT2D eigenvalue weighted by atomic mass is 16.2. The summed E-state index contributed by atoms with van der Waals surface area (Å²) in [6.07, 6.45) is 7.29. The number of carbonyl (C=O) groups excluding carboxylic acids is 1. The van der Waals surface area contributed by atoms with Gasteiger partial charge in [0.15, 0.2) is 0 Å². The molecule has 0 spiro atoms. The first-order valence-corrected chi connectivity index (χ1v) is 7.78. The Morgan fingerprint density at radius 3 is 2.59 bits per heavy atom. The number of nitrogens with one attached hydrogen (secondary N) is 1. The van der Waals surface area contributed by atoms with Gasteiger partial charge in [0.1, 0.15) is 0 Å². The van der Waals surface area contributed by atoms with E-state index < -0.39 is 5.54 Å². The van der Waals surface area contributed by atoms with Crippen molar-refractivity contribution < 1.29 is 4.79 Å². The molecule has 1 aliphatic rings. The highest BCUT2D eigenvalue weighted by molar-refractivity contribution is 5.86. The molecule has 5 nitrogen and oxygen atoms in total. The summed E-state index contributed by atoms with van der Waals surface area (Å²) in [5, 5.41) is 7.25. The Morgan fingerprint density at radius 1 is 1.32 bits per heavy atom. The van der Waals surface area contributed by atoms with Gasteiger partial charge in [0.2, 0.25) is 5.91 Å². The fourth-order valence-electron chi connectivity index (χ4n) is 2.99. The third-order valence-electron chi connectivity index (χ3n) is 4.46. The molecule has 5 heteroatoms. The van der Waals surface area contributed by atoms with E-state index in [1.807, 2.05) is 43.5 Å². The van der Waals surface area contributed by atoms with Crippen molar-refractivity contribution in [1.29, 1.82) is 0 Å². The quantitative estimate of drug-likeness (QED) is 0.910. The van der Waals surface area contributed by atoms with Crippen molar-refractivity contribution in [2.75, 3.05) is 0 Å². The molecule has 0 radical (unpaired) electrons. The lowest BCUT2D eigenvalue weighted by atomic mass is 9.97. The molecule has 1 amide bonds. The van der Waals surface area contributed by atoms with E-state index in [0.717, 1.165) is 36.9 Å². The van der Waals surface area contributed by atoms with Crippen molar-refractivity contribution in [1.82, 2.24) is 15.1 Å². The van der Waals surface area contributed by atoms with Crippen molar-refractivity contribution in [3.8, 4) is 5.69 Å². The minimum absolute atomic E-state index is 0.0337. The van der Waals surface area contributed by atoms with Crippen LogP contribution in [-0.2, 0) is 4.79 Å². The molecule has 3 N–H and O–H groups in total. The van der Waals surface area contributed by atoms with E-state index in [2.05, 4.69) is 10.4 Å². The normalized spacial score (nSPS) is 18.1. The molecule has 1 atom stereocenters. The van der Waals surface area contributed by atoms with Gasteiger partial charge < -0.3 is 11.1 Å². The van der Waals surface area contributed by atoms with E-state index in [4.69, 9.17) is 5.73 Å². The average Bonchev–Trinajstić information content (AvgIpc) is 3.19. The standard InChI is InChI=1S/C17H22N4O/c1-13(20-16(22)17(18)9-2-3-10-17)14-5-7-15(8-6-14)21-12-4-11-19-21/h4-8,11-13H,2-3,9-10,18H2,1H3,(H,20,22). The first-order chi connectivity index (χ1) is 10.6. The molecule has 116 valence electrons. The fourth-order valence-corrected chi connectivity index (χ4v) is 2.99. The van der Waals surface area contributed by atoms with Gasteiger partial charge in [0.05, 0.1) is 17.3 Å². The maximum absolute atomic E-state index is 12.4. The molecule has 1 aromatic carbocycles. The van der Waals surface area contributed by atoms with Gasteiger partial charge >= 0.3 is 0 Å². The molecule has 22 heavy (non-hydrogen) atoms. The third-order valence-corrected chi connectivity index (χ3v) is 4.46. The van der Waals surface area contributed by atoms with E-state index in [1.54, 1.807) is 10.9 Å². The smallest absolute Gasteiger partial charge is 0.240 e. The lowest BCUT2D eigenvalue weighted by Gasteiger charge is -2.25. The van der Waals surface area contributed by atoms with Crippen molar-refractivity contribution in [3.05, 3.63) is 48.3 Å². The summed E-state index contributed by atoms with van der Waals surface area (Å²) in [6, 6.07) is 9.86. The van der Waals surface area contributed by atoms with Crippen LogP contribution in [0.1, 0.15) is 44.2 Å². The van der Waals surface area contributed by atoms with Crippen LogP contribution in [0.15, 0.2) is 42.7 Å². The predicted octanol–water partition coefficient (Wildman–Crippen LogP) is 2.32. The van der Waals surface area contributed by atoms with E-state index in [9.17, 15) is 4.79 Å². The number of rotatable bonds is 4. The molecule has 1 fully saturated rings. The maximum Gasteiger partial charge on any atom is 0.240 e. The summed E-state index contributed by atoms with van der Waals surface area (Å²) in [6.45, 7) is 1.99. The molecule has 2 aromatic rings. The van der Waals surface area contributed by atoms with Gasteiger partial charge in [-0.05, 0) is 43.5 Å². The molecule has 1 aliphatic carbocycles. The fraction of sp³-hybridized carbons (Fsp3) is 0.412. The molecule has 0 aliphatic heterocycles. The lowest BCUT2D eigenvalue weighted by molar-refractivity contribution is -0.126. The van der Waals surface area contributed by atoms with Gasteiger partial charge in [-0.15, -0.1) is 0 Å². The van der Waals surface area contributed by atoms with Crippen LogP contribution in [0, 0.1) is 0 Å². The number of aromatic nitrogens is 2. The molecule has 0 bridgehead atoms. The summed E-state index contributed by atoms with van der Waals surface area (Å²) < 4.78 is 1.81. The Morgan fingerprint density at radius 2 is 2.00 bits per heavy atom. The highest BCUT2D eigenvalue weighted by Gasteiger charge is 2.37. The lowest BCUT2D eigenvalue weighted by Crippen LogP contribution is -2.52. The van der Waals surface area contributed by atoms with Crippen LogP contribution in [0.3, 0.4) is 0 Å². The van der Waals surface area contributed by atoms with Crippen molar-refractivity contribution >= 4 is 5.91 Å². The molecular formula is C17H22N4O. The number of hydrogen-bond donors (Lipinski definition) is 2. The van der Waals surface area contributed by atoms with E-state index in [1.165, 1.54) is 0 Å². The Bertz CT molecular complexity index is 627. The monoisotopic (exact) mass is 298 g/mol. The van der Waals surface area contributed by atoms with E-state index in [-0.39, 0.29) is 11.9 Å². The summed E-state index contributed by atoms with van der Waals surface area (Å²) >= 11 is 0. The van der Waals surface area contributed by atoms with Crippen LogP contribution >= 0.6 is 0 Å². The zero-order valence-corrected chi connectivity index (χ0v) is 12.8. The average molecular weight is 298 g/mol. The Balaban J connectivity index is 1.67. The van der Waals surface area contributed by atoms with Crippen LogP contribution in [0.25, 0.3) is 5.69 Å². The second kappa shape index (κ2) is 5.93. The van der Waals surface area contributed by atoms with Crippen LogP contribution in [0.2, 0.25) is 0 Å². The topological polar surface area (TPSA) is 72.9 Å². The zero-order valence-electron chi connectivity index (χ0n) is 12.8. The van der Waals surface area contributed by atoms with Gasteiger partial charge in [-0.2, -0.15) is 5.10 Å². The zero-order chi connectivity index (χ0) is 15.6. The summed E-state index contributed by atoms with van der Waals surface area (Å²) in [5.74, 6) is -0.0337. The number of amides is 1. The minimum Gasteiger partial charge on any atom is -0.348 e. The van der Waals surface area contributed by atoms with Crippen LogP contribution < -0.4 is 11.1 Å². The van der Waals surface area contributed by atoms with Crippen LogP contribution in [0.4, 0.5) is 0 Å². The van der Waals surface area contributed by atoms with E-state index in [0.29, 0.717) is 0 Å².